The maximum absolute atomic E-state index is 14.1. The summed E-state index contributed by atoms with van der Waals surface area (Å²) in [6.45, 7) is 10.9. The van der Waals surface area contributed by atoms with Gasteiger partial charge in [0.25, 0.3) is 0 Å². The maximum Gasteiger partial charge on any atom is 0.341 e. The lowest BCUT2D eigenvalue weighted by molar-refractivity contribution is -0.519. The van der Waals surface area contributed by atoms with Crippen molar-refractivity contribution in [3.05, 3.63) is 82.7 Å². The molecule has 1 aliphatic carbocycles. The van der Waals surface area contributed by atoms with Gasteiger partial charge in [-0.15, -0.1) is 0 Å². The van der Waals surface area contributed by atoms with Crippen molar-refractivity contribution >= 4 is 35.6 Å². The third-order valence-corrected chi connectivity index (χ3v) is 8.91. The van der Waals surface area contributed by atoms with E-state index in [4.69, 9.17) is 9.84 Å². The summed E-state index contributed by atoms with van der Waals surface area (Å²) < 4.78 is 21.5. The molecule has 4 rings (SSSR count). The monoisotopic (exact) mass is 520 g/mol. The van der Waals surface area contributed by atoms with Gasteiger partial charge in [-0.1, -0.05) is 18.2 Å². The van der Waals surface area contributed by atoms with Gasteiger partial charge in [0, 0.05) is 41.5 Å². The first kappa shape index (κ1) is 26.6. The van der Waals surface area contributed by atoms with Crippen LogP contribution in [0.5, 0.6) is 5.75 Å². The number of benzene rings is 2. The molecule has 0 fully saturated rings. The Labute approximate surface area is 218 Å². The minimum atomic E-state index is -4.14. The predicted molar refractivity (Wildman–Crippen MR) is 146 cm³/mol. The highest BCUT2D eigenvalue weighted by molar-refractivity contribution is 7.69. The van der Waals surface area contributed by atoms with Crippen LogP contribution in [-0.4, -0.2) is 54.1 Å². The average molecular weight is 521 g/mol. The van der Waals surface area contributed by atoms with Gasteiger partial charge in [-0.25, -0.2) is 9.37 Å². The molecule has 1 N–H and O–H groups in total. The van der Waals surface area contributed by atoms with E-state index in [1.807, 2.05) is 36.4 Å². The van der Waals surface area contributed by atoms with E-state index < -0.39 is 19.9 Å². The smallest absolute Gasteiger partial charge is 0.341 e. The van der Waals surface area contributed by atoms with Crippen LogP contribution in [0.15, 0.2) is 71.6 Å². The maximum atomic E-state index is 14.1. The minimum Gasteiger partial charge on any atom is -0.793 e. The quantitative estimate of drug-likeness (QED) is 0.397. The van der Waals surface area contributed by atoms with Crippen molar-refractivity contribution in [1.82, 2.24) is 0 Å². The van der Waals surface area contributed by atoms with Crippen molar-refractivity contribution in [2.45, 2.75) is 27.7 Å². The molecule has 1 heterocycles. The van der Waals surface area contributed by atoms with Crippen molar-refractivity contribution < 1.29 is 28.7 Å². The van der Waals surface area contributed by atoms with Crippen molar-refractivity contribution in [1.29, 1.82) is 0 Å². The van der Waals surface area contributed by atoms with Crippen LogP contribution in [0.2, 0.25) is 0 Å². The van der Waals surface area contributed by atoms with E-state index >= 15 is 0 Å². The normalized spacial score (nSPS) is 18.2. The third kappa shape index (κ3) is 5.07. The molecule has 8 heteroatoms. The largest absolute Gasteiger partial charge is 0.793 e. The number of carbonyl (C=O) groups is 1. The molecule has 194 valence electrons. The van der Waals surface area contributed by atoms with Gasteiger partial charge in [0.05, 0.1) is 7.37 Å². The first-order valence-electron chi connectivity index (χ1n) is 12.7. The van der Waals surface area contributed by atoms with Gasteiger partial charge < -0.3 is 24.2 Å². The van der Waals surface area contributed by atoms with Gasteiger partial charge in [-0.2, -0.15) is 0 Å². The zero-order valence-electron chi connectivity index (χ0n) is 21.7. The first-order valence-corrected chi connectivity index (χ1v) is 14.3. The summed E-state index contributed by atoms with van der Waals surface area (Å²) in [5.74, 6) is -0.612. The lowest BCUT2D eigenvalue weighted by atomic mass is 9.89. The SMILES string of the molecule is CCN(CC)c1ccc2c(c1)P(=O)([O-])C1=CC(=[N+](CC)CC)C=CC1=C2c1ccc(OCC(=O)O)cc1. The average Bonchev–Trinajstić information content (AvgIpc) is 2.90. The van der Waals surface area contributed by atoms with Crippen LogP contribution in [0.4, 0.5) is 5.69 Å². The first-order chi connectivity index (χ1) is 17.7. The van der Waals surface area contributed by atoms with Gasteiger partial charge in [-0.05, 0) is 80.3 Å². The molecule has 0 bridgehead atoms. The summed E-state index contributed by atoms with van der Waals surface area (Å²) in [5.41, 5.74) is 4.73. The van der Waals surface area contributed by atoms with Crippen LogP contribution in [0.3, 0.4) is 0 Å². The number of nitrogens with zero attached hydrogens (tertiary/aromatic N) is 2. The number of ether oxygens (including phenoxy) is 1. The molecular formula is C29H33N2O5P. The van der Waals surface area contributed by atoms with Gasteiger partial charge in [0.2, 0.25) is 5.71 Å². The number of aliphatic carboxylic acids is 1. The molecule has 7 nitrogen and oxygen atoms in total. The number of hydrogen-bond acceptors (Lipinski definition) is 5. The summed E-state index contributed by atoms with van der Waals surface area (Å²) in [5, 5.41) is 9.55. The number of allylic oxidation sites excluding steroid dienone is 5. The molecule has 2 aromatic rings. The molecule has 1 aliphatic heterocycles. The number of anilines is 1. The fourth-order valence-electron chi connectivity index (χ4n) is 4.97. The van der Waals surface area contributed by atoms with Crippen molar-refractivity contribution in [3.8, 4) is 5.75 Å². The molecule has 0 saturated heterocycles. The Morgan fingerprint density at radius 1 is 1.03 bits per heavy atom. The third-order valence-electron chi connectivity index (χ3n) is 6.90. The van der Waals surface area contributed by atoms with Crippen LogP contribution in [0, 0.1) is 0 Å². The summed E-state index contributed by atoms with van der Waals surface area (Å²) in [6, 6.07) is 12.8. The molecule has 1 atom stereocenters. The number of carboxylic acids is 1. The molecule has 0 aromatic heterocycles. The van der Waals surface area contributed by atoms with E-state index in [9.17, 15) is 14.3 Å². The van der Waals surface area contributed by atoms with Crippen LogP contribution >= 0.6 is 7.37 Å². The molecule has 0 spiro atoms. The Morgan fingerprint density at radius 2 is 1.70 bits per heavy atom. The van der Waals surface area contributed by atoms with Crippen molar-refractivity contribution in [2.24, 2.45) is 0 Å². The molecule has 0 saturated carbocycles. The number of hydrogen-bond donors (Lipinski definition) is 1. The highest BCUT2D eigenvalue weighted by Crippen LogP contribution is 2.57. The van der Waals surface area contributed by atoms with E-state index in [1.165, 1.54) is 0 Å². The van der Waals surface area contributed by atoms with Crippen LogP contribution in [0.1, 0.15) is 38.8 Å². The van der Waals surface area contributed by atoms with Gasteiger partial charge >= 0.3 is 5.97 Å². The van der Waals surface area contributed by atoms with Gasteiger partial charge in [0.15, 0.2) is 6.61 Å². The van der Waals surface area contributed by atoms with Crippen LogP contribution < -0.4 is 19.8 Å². The van der Waals surface area contributed by atoms with Gasteiger partial charge in [-0.3, -0.25) is 0 Å². The molecule has 0 radical (unpaired) electrons. The Bertz CT molecular complexity index is 1380. The van der Waals surface area contributed by atoms with Crippen LogP contribution in [0.25, 0.3) is 5.57 Å². The number of fused-ring (bicyclic) bond motifs is 2. The van der Waals surface area contributed by atoms with E-state index in [0.717, 1.165) is 48.7 Å². The topological polar surface area (TPSA) is 92.9 Å². The number of carboxylic acid groups (broad SMARTS) is 1. The van der Waals surface area contributed by atoms with Gasteiger partial charge in [0.1, 0.15) is 18.8 Å². The predicted octanol–water partition coefficient (Wildman–Crippen LogP) is 4.02. The minimum absolute atomic E-state index is 0.322. The van der Waals surface area contributed by atoms with Crippen molar-refractivity contribution in [3.63, 3.8) is 0 Å². The molecule has 2 aromatic carbocycles. The fraction of sp³-hybridized carbons (Fsp3) is 0.310. The summed E-state index contributed by atoms with van der Waals surface area (Å²) in [4.78, 5) is 27.1. The summed E-state index contributed by atoms with van der Waals surface area (Å²) >= 11 is 0. The lowest BCUT2D eigenvalue weighted by Crippen LogP contribution is -2.30. The van der Waals surface area contributed by atoms with Crippen molar-refractivity contribution in [2.75, 3.05) is 37.7 Å². The highest BCUT2D eigenvalue weighted by Gasteiger charge is 2.35. The molecule has 2 aliphatic rings. The molecule has 37 heavy (non-hydrogen) atoms. The van der Waals surface area contributed by atoms with E-state index in [1.54, 1.807) is 24.3 Å². The second kappa shape index (κ2) is 10.9. The zero-order valence-corrected chi connectivity index (χ0v) is 22.6. The zero-order chi connectivity index (χ0) is 26.7. The Balaban J connectivity index is 1.95. The van der Waals surface area contributed by atoms with E-state index in [2.05, 4.69) is 37.2 Å². The highest BCUT2D eigenvalue weighted by atomic mass is 31.2. The summed E-state index contributed by atoms with van der Waals surface area (Å²) in [6.07, 6.45) is 5.68. The standard InChI is InChI=1S/C29H33N2O5P/c1-5-30(6-2)21-11-15-24-26(17-21)37(34,35)27-18-22(31(7-3)8-4)12-16-25(27)29(24)20-9-13-23(14-10-20)36-19-28(32)33/h9-18H,5-8,19H2,1-4H3,(H-,32,33,34,35). The Kier molecular flexibility index (Phi) is 7.86. The van der Waals surface area contributed by atoms with Crippen LogP contribution in [-0.2, 0) is 9.36 Å². The summed E-state index contributed by atoms with van der Waals surface area (Å²) in [7, 11) is -4.14. The lowest BCUT2D eigenvalue weighted by Gasteiger charge is -2.37. The number of rotatable bonds is 9. The Morgan fingerprint density at radius 3 is 2.30 bits per heavy atom. The Hall–Kier alpha value is -3.41. The second-order valence-electron chi connectivity index (χ2n) is 8.88. The second-order valence-corrected chi connectivity index (χ2v) is 10.9. The molecular weight excluding hydrogens is 487 g/mol. The fourth-order valence-corrected chi connectivity index (χ4v) is 6.84. The van der Waals surface area contributed by atoms with E-state index in [-0.39, 0.29) is 0 Å². The molecule has 0 amide bonds. The molecule has 1 unspecified atom stereocenters. The van der Waals surface area contributed by atoms with E-state index in [0.29, 0.717) is 27.5 Å².